The second-order valence-corrected chi connectivity index (χ2v) is 8.06. The number of nitrogens with zero attached hydrogens (tertiary/aromatic N) is 2. The number of carbonyl (C=O) groups excluding carboxylic acids is 3. The van der Waals surface area contributed by atoms with Crippen LogP contribution >= 0.6 is 0 Å². The average molecular weight is 497 g/mol. The van der Waals surface area contributed by atoms with E-state index in [4.69, 9.17) is 21.0 Å². The molecule has 2 aromatic rings. The summed E-state index contributed by atoms with van der Waals surface area (Å²) in [6.07, 6.45) is -0.771. The summed E-state index contributed by atoms with van der Waals surface area (Å²) in [5.74, 6) is -1.78. The van der Waals surface area contributed by atoms with Crippen LogP contribution in [-0.2, 0) is 16.1 Å². The number of amides is 4. The number of hydrogen-bond acceptors (Lipinski definition) is 6. The number of carboxylic acids is 1. The number of rotatable bonds is 8. The van der Waals surface area contributed by atoms with Crippen LogP contribution in [0.2, 0.25) is 0 Å². The van der Waals surface area contributed by atoms with E-state index < -0.39 is 30.0 Å². The Hall–Kier alpha value is -4.61. The van der Waals surface area contributed by atoms with Crippen LogP contribution in [0.4, 0.5) is 15.3 Å². The number of benzene rings is 2. The van der Waals surface area contributed by atoms with Crippen molar-refractivity contribution >= 4 is 35.5 Å². The molecular weight excluding hydrogens is 468 g/mol. The van der Waals surface area contributed by atoms with Gasteiger partial charge >= 0.3 is 18.1 Å². The number of hydrogen-bond donors (Lipinski definition) is 5. The lowest BCUT2D eigenvalue weighted by molar-refractivity contribution is -0.136. The highest BCUT2D eigenvalue weighted by molar-refractivity contribution is 5.98. The fraction of sp³-hybridized carbons (Fsp3) is 0.292. The molecule has 0 bridgehead atoms. The monoisotopic (exact) mass is 496 g/mol. The maximum atomic E-state index is 13.0. The van der Waals surface area contributed by atoms with Gasteiger partial charge in [-0.15, -0.1) is 0 Å². The predicted molar refractivity (Wildman–Crippen MR) is 131 cm³/mol. The highest BCUT2D eigenvalue weighted by Crippen LogP contribution is 2.16. The highest BCUT2D eigenvalue weighted by atomic mass is 16.6. The summed E-state index contributed by atoms with van der Waals surface area (Å²) in [5.41, 5.74) is 7.15. The van der Waals surface area contributed by atoms with Crippen molar-refractivity contribution in [3.63, 3.8) is 0 Å². The smallest absolute Gasteiger partial charge is 0.410 e. The molecule has 4 amide bonds. The van der Waals surface area contributed by atoms with Gasteiger partial charge in [0.1, 0.15) is 18.5 Å². The van der Waals surface area contributed by atoms with E-state index >= 15 is 0 Å². The van der Waals surface area contributed by atoms with Gasteiger partial charge in [-0.05, 0) is 23.8 Å². The van der Waals surface area contributed by atoms with Crippen LogP contribution in [-0.4, -0.2) is 77.0 Å². The summed E-state index contributed by atoms with van der Waals surface area (Å²) in [7, 11) is 0. The molecule has 36 heavy (non-hydrogen) atoms. The van der Waals surface area contributed by atoms with E-state index in [-0.39, 0.29) is 50.6 Å². The summed E-state index contributed by atoms with van der Waals surface area (Å²) >= 11 is 0. The van der Waals surface area contributed by atoms with Gasteiger partial charge in [-0.3, -0.25) is 15.0 Å². The Morgan fingerprint density at radius 3 is 2.53 bits per heavy atom. The first-order valence-electron chi connectivity index (χ1n) is 11.2. The molecule has 1 atom stereocenters. The van der Waals surface area contributed by atoms with Gasteiger partial charge in [0, 0.05) is 30.9 Å². The van der Waals surface area contributed by atoms with E-state index in [0.29, 0.717) is 5.69 Å². The SMILES string of the molecule is N=C(N)C1CN(C(=O)OCc2ccccc2)CCN1C(=O)Nc1cccc(C(=O)NCCC(=O)O)c1. The normalized spacial score (nSPS) is 15.1. The average Bonchev–Trinajstić information content (AvgIpc) is 2.87. The van der Waals surface area contributed by atoms with E-state index in [1.54, 1.807) is 12.1 Å². The molecule has 2 aromatic carbocycles. The van der Waals surface area contributed by atoms with Crippen molar-refractivity contribution in [1.82, 2.24) is 15.1 Å². The van der Waals surface area contributed by atoms with Gasteiger partial charge in [0.05, 0.1) is 13.0 Å². The molecule has 12 heteroatoms. The Morgan fingerprint density at radius 1 is 1.08 bits per heavy atom. The molecule has 1 aliphatic rings. The minimum atomic E-state index is -1.03. The van der Waals surface area contributed by atoms with Gasteiger partial charge in [0.25, 0.3) is 5.91 Å². The first-order chi connectivity index (χ1) is 17.2. The molecule has 0 saturated carbocycles. The van der Waals surface area contributed by atoms with Crippen LogP contribution in [0.15, 0.2) is 54.6 Å². The Labute approximate surface area is 207 Å². The largest absolute Gasteiger partial charge is 0.481 e. The van der Waals surface area contributed by atoms with Crippen LogP contribution in [0.5, 0.6) is 0 Å². The zero-order valence-corrected chi connectivity index (χ0v) is 19.5. The third-order valence-electron chi connectivity index (χ3n) is 5.46. The van der Waals surface area contributed by atoms with E-state index in [1.807, 2.05) is 30.3 Å². The molecule has 0 aromatic heterocycles. The van der Waals surface area contributed by atoms with Gasteiger partial charge < -0.3 is 36.0 Å². The number of carboxylic acid groups (broad SMARTS) is 1. The van der Waals surface area contributed by atoms with Gasteiger partial charge in [0.15, 0.2) is 0 Å². The van der Waals surface area contributed by atoms with Crippen molar-refractivity contribution < 1.29 is 29.0 Å². The second kappa shape index (κ2) is 12.2. The lowest BCUT2D eigenvalue weighted by atomic mass is 10.1. The Bertz CT molecular complexity index is 1130. The highest BCUT2D eigenvalue weighted by Gasteiger charge is 2.35. The van der Waals surface area contributed by atoms with Crippen molar-refractivity contribution in [2.24, 2.45) is 5.73 Å². The molecule has 6 N–H and O–H groups in total. The molecular formula is C24H28N6O6. The fourth-order valence-electron chi connectivity index (χ4n) is 3.59. The van der Waals surface area contributed by atoms with E-state index in [9.17, 15) is 19.2 Å². The number of ether oxygens (including phenoxy) is 1. The lowest BCUT2D eigenvalue weighted by Crippen LogP contribution is -2.61. The van der Waals surface area contributed by atoms with Gasteiger partial charge in [-0.1, -0.05) is 36.4 Å². The number of carbonyl (C=O) groups is 4. The van der Waals surface area contributed by atoms with E-state index in [0.717, 1.165) is 5.56 Å². The Kier molecular flexibility index (Phi) is 8.81. The fourth-order valence-corrected chi connectivity index (χ4v) is 3.59. The number of amidine groups is 1. The van der Waals surface area contributed by atoms with Gasteiger partial charge in [0.2, 0.25) is 0 Å². The molecule has 3 rings (SSSR count). The Balaban J connectivity index is 1.58. The summed E-state index contributed by atoms with van der Waals surface area (Å²) in [6.45, 7) is 0.388. The van der Waals surface area contributed by atoms with E-state index in [1.165, 1.54) is 21.9 Å². The zero-order valence-electron chi connectivity index (χ0n) is 19.5. The number of anilines is 1. The quantitative estimate of drug-likeness (QED) is 0.272. The molecule has 0 aliphatic carbocycles. The van der Waals surface area contributed by atoms with Gasteiger partial charge in [-0.25, -0.2) is 9.59 Å². The number of nitrogens with two attached hydrogens (primary N) is 1. The summed E-state index contributed by atoms with van der Waals surface area (Å²) in [6, 6.07) is 14.0. The third-order valence-corrected chi connectivity index (χ3v) is 5.46. The maximum absolute atomic E-state index is 13.0. The Morgan fingerprint density at radius 2 is 1.83 bits per heavy atom. The lowest BCUT2D eigenvalue weighted by Gasteiger charge is -2.40. The topological polar surface area (TPSA) is 178 Å². The number of piperazine rings is 1. The summed E-state index contributed by atoms with van der Waals surface area (Å²) in [4.78, 5) is 51.1. The number of urea groups is 1. The molecule has 0 spiro atoms. The van der Waals surface area contributed by atoms with Crippen LogP contribution in [0.3, 0.4) is 0 Å². The molecule has 1 unspecified atom stereocenters. The second-order valence-electron chi connectivity index (χ2n) is 8.06. The minimum absolute atomic E-state index is 0.00238. The van der Waals surface area contributed by atoms with Crippen molar-refractivity contribution in [3.8, 4) is 0 Å². The maximum Gasteiger partial charge on any atom is 0.410 e. The standard InChI is InChI=1S/C24H28N6O6/c25-21(26)19-14-29(24(35)36-15-16-5-2-1-3-6-16)11-12-30(19)23(34)28-18-8-4-7-17(13-18)22(33)27-10-9-20(31)32/h1-8,13,19H,9-12,14-15H2,(H3,25,26)(H,27,33)(H,28,34)(H,31,32). The molecule has 0 radical (unpaired) electrons. The van der Waals surface area contributed by atoms with Crippen molar-refractivity contribution in [1.29, 1.82) is 5.41 Å². The van der Waals surface area contributed by atoms with Crippen molar-refractivity contribution in [2.45, 2.75) is 19.1 Å². The van der Waals surface area contributed by atoms with Crippen LogP contribution in [0.25, 0.3) is 0 Å². The first-order valence-corrected chi connectivity index (χ1v) is 11.2. The number of aliphatic carboxylic acids is 1. The molecule has 190 valence electrons. The summed E-state index contributed by atoms with van der Waals surface area (Å²) in [5, 5.41) is 21.8. The molecule has 1 saturated heterocycles. The van der Waals surface area contributed by atoms with Crippen LogP contribution < -0.4 is 16.4 Å². The van der Waals surface area contributed by atoms with Crippen molar-refractivity contribution in [2.75, 3.05) is 31.5 Å². The molecule has 1 aliphatic heterocycles. The van der Waals surface area contributed by atoms with E-state index in [2.05, 4.69) is 10.6 Å². The first kappa shape index (κ1) is 26.0. The third kappa shape index (κ3) is 7.19. The zero-order chi connectivity index (χ0) is 26.1. The molecule has 1 fully saturated rings. The molecule has 12 nitrogen and oxygen atoms in total. The van der Waals surface area contributed by atoms with Crippen LogP contribution in [0, 0.1) is 5.41 Å². The number of nitrogens with one attached hydrogen (secondary N) is 3. The van der Waals surface area contributed by atoms with Crippen molar-refractivity contribution in [3.05, 3.63) is 65.7 Å². The predicted octanol–water partition coefficient (Wildman–Crippen LogP) is 1.68. The van der Waals surface area contributed by atoms with Crippen LogP contribution in [0.1, 0.15) is 22.3 Å². The summed E-state index contributed by atoms with van der Waals surface area (Å²) < 4.78 is 5.35. The van der Waals surface area contributed by atoms with Gasteiger partial charge in [-0.2, -0.15) is 0 Å². The minimum Gasteiger partial charge on any atom is -0.481 e. The molecule has 1 heterocycles.